The highest BCUT2D eigenvalue weighted by atomic mass is 79.9. The Morgan fingerprint density at radius 3 is 3.17 bits per heavy atom. The molecule has 0 saturated carbocycles. The van der Waals surface area contributed by atoms with Gasteiger partial charge in [-0.05, 0) is 30.2 Å². The van der Waals surface area contributed by atoms with Gasteiger partial charge in [0.1, 0.15) is 0 Å². The van der Waals surface area contributed by atoms with Gasteiger partial charge in [-0.3, -0.25) is 0 Å². The summed E-state index contributed by atoms with van der Waals surface area (Å²) in [5.74, 6) is 0. The Balaban J connectivity index is 2.30. The van der Waals surface area contributed by atoms with Crippen molar-refractivity contribution in [2.24, 2.45) is 0 Å². The molecular formula is C9H10BrNO. The molecule has 1 aromatic carbocycles. The van der Waals surface area contributed by atoms with Crippen molar-refractivity contribution in [2.75, 3.05) is 11.9 Å². The van der Waals surface area contributed by atoms with Crippen molar-refractivity contribution in [1.29, 1.82) is 0 Å². The summed E-state index contributed by atoms with van der Waals surface area (Å²) >= 11 is 3.42. The summed E-state index contributed by atoms with van der Waals surface area (Å²) in [6, 6.07) is 6.34. The molecule has 64 valence electrons. The number of hydrogen-bond acceptors (Lipinski definition) is 2. The molecule has 1 aliphatic rings. The number of rotatable bonds is 1. The summed E-state index contributed by atoms with van der Waals surface area (Å²) in [5.41, 5.74) is 2.43. The zero-order valence-electron chi connectivity index (χ0n) is 6.55. The van der Waals surface area contributed by atoms with Gasteiger partial charge in [0.15, 0.2) is 0 Å². The smallest absolute Gasteiger partial charge is 0.0636 e. The van der Waals surface area contributed by atoms with Gasteiger partial charge in [-0.1, -0.05) is 15.9 Å². The molecule has 0 spiro atoms. The van der Waals surface area contributed by atoms with E-state index in [1.807, 2.05) is 12.1 Å². The zero-order chi connectivity index (χ0) is 8.55. The lowest BCUT2D eigenvalue weighted by atomic mass is 10.1. The van der Waals surface area contributed by atoms with Crippen LogP contribution < -0.4 is 5.32 Å². The van der Waals surface area contributed by atoms with Crippen LogP contribution in [0.25, 0.3) is 0 Å². The van der Waals surface area contributed by atoms with Crippen LogP contribution in [0.4, 0.5) is 5.69 Å². The Labute approximate surface area is 79.7 Å². The first kappa shape index (κ1) is 8.08. The second-order valence-electron chi connectivity index (χ2n) is 3.03. The molecule has 0 aliphatic carbocycles. The van der Waals surface area contributed by atoms with Crippen LogP contribution in [0.1, 0.15) is 5.56 Å². The van der Waals surface area contributed by atoms with Crippen molar-refractivity contribution in [3.63, 3.8) is 0 Å². The van der Waals surface area contributed by atoms with Crippen molar-refractivity contribution in [3.8, 4) is 0 Å². The number of aliphatic hydroxyl groups is 1. The van der Waals surface area contributed by atoms with Crippen molar-refractivity contribution < 1.29 is 5.11 Å². The average Bonchev–Trinajstić information content (AvgIpc) is 2.46. The van der Waals surface area contributed by atoms with Gasteiger partial charge in [-0.15, -0.1) is 0 Å². The highest BCUT2D eigenvalue weighted by molar-refractivity contribution is 9.10. The van der Waals surface area contributed by atoms with Gasteiger partial charge in [0.05, 0.1) is 12.6 Å². The number of halogens is 1. The van der Waals surface area contributed by atoms with E-state index in [1.165, 1.54) is 5.56 Å². The molecule has 12 heavy (non-hydrogen) atoms. The minimum absolute atomic E-state index is 0.201. The van der Waals surface area contributed by atoms with Crippen LogP contribution in [0.2, 0.25) is 0 Å². The molecule has 0 amide bonds. The predicted molar refractivity (Wildman–Crippen MR) is 52.3 cm³/mol. The number of hydrogen-bond donors (Lipinski definition) is 2. The number of anilines is 1. The van der Waals surface area contributed by atoms with Crippen LogP contribution in [-0.2, 0) is 6.42 Å². The van der Waals surface area contributed by atoms with Crippen LogP contribution >= 0.6 is 15.9 Å². The highest BCUT2D eigenvalue weighted by Crippen LogP contribution is 2.28. The van der Waals surface area contributed by atoms with Crippen LogP contribution in [0.5, 0.6) is 0 Å². The molecule has 2 rings (SSSR count). The van der Waals surface area contributed by atoms with E-state index < -0.39 is 0 Å². The Morgan fingerprint density at radius 1 is 1.58 bits per heavy atom. The lowest BCUT2D eigenvalue weighted by molar-refractivity contribution is 0.277. The van der Waals surface area contributed by atoms with E-state index >= 15 is 0 Å². The number of nitrogens with one attached hydrogen (secondary N) is 1. The molecule has 1 aromatic rings. The first-order chi connectivity index (χ1) is 5.79. The summed E-state index contributed by atoms with van der Waals surface area (Å²) < 4.78 is 1.10. The topological polar surface area (TPSA) is 32.3 Å². The summed E-state index contributed by atoms with van der Waals surface area (Å²) in [6.07, 6.45) is 0.922. The molecule has 0 fully saturated rings. The first-order valence-electron chi connectivity index (χ1n) is 3.95. The lowest BCUT2D eigenvalue weighted by Crippen LogP contribution is -2.19. The van der Waals surface area contributed by atoms with Crippen molar-refractivity contribution in [2.45, 2.75) is 12.5 Å². The molecule has 1 heterocycles. The van der Waals surface area contributed by atoms with Gasteiger partial charge >= 0.3 is 0 Å². The van der Waals surface area contributed by atoms with Crippen LogP contribution in [-0.4, -0.2) is 17.8 Å². The molecule has 0 unspecified atom stereocenters. The summed E-state index contributed by atoms with van der Waals surface area (Å²) in [6.45, 7) is 0.201. The van der Waals surface area contributed by atoms with Crippen LogP contribution in [0.3, 0.4) is 0 Å². The maximum Gasteiger partial charge on any atom is 0.0636 e. The molecule has 0 radical (unpaired) electrons. The van der Waals surface area contributed by atoms with E-state index in [-0.39, 0.29) is 12.6 Å². The molecule has 1 aliphatic heterocycles. The van der Waals surface area contributed by atoms with Gasteiger partial charge in [0.2, 0.25) is 0 Å². The third kappa shape index (κ3) is 1.34. The third-order valence-corrected chi connectivity index (χ3v) is 2.61. The highest BCUT2D eigenvalue weighted by Gasteiger charge is 2.18. The maximum atomic E-state index is 8.93. The Bertz CT molecular complexity index is 301. The Morgan fingerprint density at radius 2 is 2.42 bits per heavy atom. The molecular weight excluding hydrogens is 218 g/mol. The van der Waals surface area contributed by atoms with Crippen LogP contribution in [0.15, 0.2) is 22.7 Å². The zero-order valence-corrected chi connectivity index (χ0v) is 8.13. The van der Waals surface area contributed by atoms with E-state index in [2.05, 4.69) is 27.3 Å². The van der Waals surface area contributed by atoms with Gasteiger partial charge < -0.3 is 10.4 Å². The minimum atomic E-state index is 0.201. The van der Waals surface area contributed by atoms with Crippen LogP contribution in [0, 0.1) is 0 Å². The second kappa shape index (κ2) is 3.07. The predicted octanol–water partition coefficient (Wildman–Crippen LogP) is 1.78. The van der Waals surface area contributed by atoms with Gasteiger partial charge in [-0.2, -0.15) is 0 Å². The third-order valence-electron chi connectivity index (χ3n) is 2.11. The van der Waals surface area contributed by atoms with E-state index in [4.69, 9.17) is 5.11 Å². The monoisotopic (exact) mass is 227 g/mol. The molecule has 3 heteroatoms. The fraction of sp³-hybridized carbons (Fsp3) is 0.333. The molecule has 0 aromatic heterocycles. The van der Waals surface area contributed by atoms with E-state index in [9.17, 15) is 0 Å². The van der Waals surface area contributed by atoms with Gasteiger partial charge in [0.25, 0.3) is 0 Å². The number of benzene rings is 1. The van der Waals surface area contributed by atoms with E-state index in [1.54, 1.807) is 0 Å². The fourth-order valence-corrected chi connectivity index (χ4v) is 1.93. The number of fused-ring (bicyclic) bond motifs is 1. The Hall–Kier alpha value is -0.540. The molecule has 0 bridgehead atoms. The molecule has 2 N–H and O–H groups in total. The van der Waals surface area contributed by atoms with Gasteiger partial charge in [0, 0.05) is 10.2 Å². The second-order valence-corrected chi connectivity index (χ2v) is 3.95. The largest absolute Gasteiger partial charge is 0.394 e. The summed E-state index contributed by atoms with van der Waals surface area (Å²) in [7, 11) is 0. The van der Waals surface area contributed by atoms with Crippen molar-refractivity contribution >= 4 is 21.6 Å². The standard InChI is InChI=1S/C9H10BrNO/c10-7-1-2-9-6(3-7)4-8(5-12)11-9/h1-3,8,11-12H,4-5H2/t8-/m1/s1. The molecule has 1 atom stereocenters. The SMILES string of the molecule is OC[C@H]1Cc2cc(Br)ccc2N1. The quantitative estimate of drug-likeness (QED) is 0.767. The number of aliphatic hydroxyl groups excluding tert-OH is 1. The fourth-order valence-electron chi connectivity index (χ4n) is 1.52. The lowest BCUT2D eigenvalue weighted by Gasteiger charge is -2.04. The Kier molecular flexibility index (Phi) is 2.07. The van der Waals surface area contributed by atoms with E-state index in [0.717, 1.165) is 16.6 Å². The molecule has 0 saturated heterocycles. The normalized spacial score (nSPS) is 20.3. The summed E-state index contributed by atoms with van der Waals surface area (Å²) in [5, 5.41) is 12.2. The van der Waals surface area contributed by atoms with Crippen molar-refractivity contribution in [1.82, 2.24) is 0 Å². The van der Waals surface area contributed by atoms with Crippen molar-refractivity contribution in [3.05, 3.63) is 28.2 Å². The average molecular weight is 228 g/mol. The minimum Gasteiger partial charge on any atom is -0.394 e. The van der Waals surface area contributed by atoms with Gasteiger partial charge in [-0.25, -0.2) is 0 Å². The maximum absolute atomic E-state index is 8.93. The molecule has 2 nitrogen and oxygen atoms in total. The first-order valence-corrected chi connectivity index (χ1v) is 4.74. The van der Waals surface area contributed by atoms with E-state index in [0.29, 0.717) is 0 Å². The summed E-state index contributed by atoms with van der Waals surface area (Å²) in [4.78, 5) is 0.